The summed E-state index contributed by atoms with van der Waals surface area (Å²) in [5.74, 6) is 1.14. The first-order chi connectivity index (χ1) is 17.2. The lowest BCUT2D eigenvalue weighted by Gasteiger charge is -2.44. The Morgan fingerprint density at radius 2 is 1.63 bits per heavy atom. The summed E-state index contributed by atoms with van der Waals surface area (Å²) in [6.07, 6.45) is 0.771. The van der Waals surface area contributed by atoms with Crippen molar-refractivity contribution in [3.05, 3.63) is 89.4 Å². The van der Waals surface area contributed by atoms with Gasteiger partial charge in [0, 0.05) is 49.5 Å². The highest BCUT2D eigenvalue weighted by Crippen LogP contribution is 2.25. The number of halogens is 1. The number of hydrogen-bond acceptors (Lipinski definition) is 6. The maximum atomic E-state index is 12.9. The van der Waals surface area contributed by atoms with Gasteiger partial charge in [0.2, 0.25) is 0 Å². The van der Waals surface area contributed by atoms with Crippen molar-refractivity contribution in [1.82, 2.24) is 10.2 Å². The first-order valence-electron chi connectivity index (χ1n) is 12.1. The predicted octanol–water partition coefficient (Wildman–Crippen LogP) is 4.84. The van der Waals surface area contributed by atoms with Crippen LogP contribution < -0.4 is 15.0 Å². The van der Waals surface area contributed by atoms with Gasteiger partial charge in [0.25, 0.3) is 0 Å². The molecule has 6 nitrogen and oxygen atoms in total. The number of ether oxygens (including phenoxy) is 2. The fourth-order valence-corrected chi connectivity index (χ4v) is 5.01. The molecule has 3 aromatic carbocycles. The molecule has 0 bridgehead atoms. The molecule has 0 radical (unpaired) electrons. The monoisotopic (exact) mass is 491 g/mol. The zero-order valence-corrected chi connectivity index (χ0v) is 20.4. The highest BCUT2D eigenvalue weighted by Gasteiger charge is 2.34. The van der Waals surface area contributed by atoms with Crippen molar-refractivity contribution in [2.75, 3.05) is 44.2 Å². The van der Waals surface area contributed by atoms with Crippen molar-refractivity contribution in [2.45, 2.75) is 18.6 Å². The van der Waals surface area contributed by atoms with Gasteiger partial charge >= 0.3 is 5.97 Å². The largest absolute Gasteiger partial charge is 0.457 e. The van der Waals surface area contributed by atoms with Crippen molar-refractivity contribution >= 4 is 23.3 Å². The fourth-order valence-electron chi connectivity index (χ4n) is 4.83. The van der Waals surface area contributed by atoms with Crippen molar-refractivity contribution in [2.24, 2.45) is 0 Å². The van der Waals surface area contributed by atoms with Gasteiger partial charge in [-0.05, 0) is 67.6 Å². The molecular formula is C28H30ClN3O3. The zero-order valence-electron chi connectivity index (χ0n) is 19.6. The Kier molecular flexibility index (Phi) is 7.52. The van der Waals surface area contributed by atoms with Crippen LogP contribution in [0.15, 0.2) is 78.9 Å². The van der Waals surface area contributed by atoms with Crippen LogP contribution in [0, 0.1) is 0 Å². The molecule has 0 aromatic heterocycles. The summed E-state index contributed by atoms with van der Waals surface area (Å²) >= 11 is 6.18. The lowest BCUT2D eigenvalue weighted by molar-refractivity contribution is -0.0131. The smallest absolute Gasteiger partial charge is 0.338 e. The minimum atomic E-state index is -0.299. The van der Waals surface area contributed by atoms with Gasteiger partial charge in [0.1, 0.15) is 17.6 Å². The molecule has 182 valence electrons. The van der Waals surface area contributed by atoms with E-state index >= 15 is 0 Å². The number of esters is 1. The van der Waals surface area contributed by atoms with E-state index in [1.807, 2.05) is 48.5 Å². The highest BCUT2D eigenvalue weighted by atomic mass is 35.5. The number of para-hydroxylation sites is 1. The van der Waals surface area contributed by atoms with Gasteiger partial charge in [-0.25, -0.2) is 4.79 Å². The molecular weight excluding hydrogens is 462 g/mol. The summed E-state index contributed by atoms with van der Waals surface area (Å²) < 4.78 is 11.8. The lowest BCUT2D eigenvalue weighted by Crippen LogP contribution is -2.59. The van der Waals surface area contributed by atoms with Crippen LogP contribution in [-0.4, -0.2) is 62.3 Å². The van der Waals surface area contributed by atoms with Crippen molar-refractivity contribution in [3.8, 4) is 11.5 Å². The molecule has 2 fully saturated rings. The maximum absolute atomic E-state index is 12.9. The van der Waals surface area contributed by atoms with Gasteiger partial charge < -0.3 is 19.7 Å². The van der Waals surface area contributed by atoms with E-state index < -0.39 is 0 Å². The number of carbonyl (C=O) groups is 1. The van der Waals surface area contributed by atoms with Crippen LogP contribution >= 0.6 is 11.6 Å². The van der Waals surface area contributed by atoms with E-state index in [9.17, 15) is 4.79 Å². The van der Waals surface area contributed by atoms with Gasteiger partial charge in [0.15, 0.2) is 0 Å². The molecule has 5 rings (SSSR count). The predicted molar refractivity (Wildman–Crippen MR) is 139 cm³/mol. The Hall–Kier alpha value is -3.06. The van der Waals surface area contributed by atoms with Gasteiger partial charge in [-0.3, -0.25) is 4.90 Å². The number of piperidine rings is 1. The Morgan fingerprint density at radius 1 is 0.886 bits per heavy atom. The average Bonchev–Trinajstić information content (AvgIpc) is 2.90. The quantitative estimate of drug-likeness (QED) is 0.498. The van der Waals surface area contributed by atoms with Gasteiger partial charge in [0.05, 0.1) is 5.56 Å². The van der Waals surface area contributed by atoms with Crippen LogP contribution in [0.4, 0.5) is 5.69 Å². The molecule has 0 saturated carbocycles. The first-order valence-corrected chi connectivity index (χ1v) is 12.5. The zero-order chi connectivity index (χ0) is 24.0. The third kappa shape index (κ3) is 5.96. The summed E-state index contributed by atoms with van der Waals surface area (Å²) in [6.45, 7) is 5.30. The molecule has 3 aromatic rings. The standard InChI is InChI=1S/C28H30ClN3O3/c29-22-5-4-6-23(19-22)31-15-17-32(18-16-31)26-13-14-30-20-27(26)35-28(33)21-9-11-25(12-10-21)34-24-7-2-1-3-8-24/h1-12,19,26-27,30H,13-18,20H2/t26?,27-/m1/s1. The average molecular weight is 492 g/mol. The van der Waals surface area contributed by atoms with Crippen molar-refractivity contribution in [3.63, 3.8) is 0 Å². The Morgan fingerprint density at radius 3 is 2.37 bits per heavy atom. The number of nitrogens with one attached hydrogen (secondary N) is 1. The van der Waals surface area contributed by atoms with Crippen LogP contribution in [0.2, 0.25) is 5.02 Å². The van der Waals surface area contributed by atoms with Crippen LogP contribution in [0.5, 0.6) is 11.5 Å². The summed E-state index contributed by atoms with van der Waals surface area (Å²) in [6, 6.07) is 24.9. The molecule has 2 aliphatic heterocycles. The number of nitrogens with zero attached hydrogens (tertiary/aromatic N) is 2. The second kappa shape index (κ2) is 11.1. The number of rotatable bonds is 6. The van der Waals surface area contributed by atoms with E-state index in [1.165, 1.54) is 0 Å². The highest BCUT2D eigenvalue weighted by molar-refractivity contribution is 6.30. The minimum absolute atomic E-state index is 0.186. The summed E-state index contributed by atoms with van der Waals surface area (Å²) in [7, 11) is 0. The summed E-state index contributed by atoms with van der Waals surface area (Å²) in [5, 5.41) is 4.15. The topological polar surface area (TPSA) is 54.0 Å². The van der Waals surface area contributed by atoms with Gasteiger partial charge in [-0.15, -0.1) is 0 Å². The molecule has 2 aliphatic rings. The van der Waals surface area contributed by atoms with Crippen LogP contribution in [0.1, 0.15) is 16.8 Å². The van der Waals surface area contributed by atoms with Crippen LogP contribution in [0.25, 0.3) is 0 Å². The molecule has 1 unspecified atom stereocenters. The van der Waals surface area contributed by atoms with E-state index in [-0.39, 0.29) is 18.1 Å². The molecule has 0 spiro atoms. The molecule has 2 atom stereocenters. The SMILES string of the molecule is O=C(O[C@@H]1CNCCC1N1CCN(c2cccc(Cl)c2)CC1)c1ccc(Oc2ccccc2)cc1. The van der Waals surface area contributed by atoms with Gasteiger partial charge in [-0.1, -0.05) is 35.9 Å². The Bertz CT molecular complexity index is 1120. The Balaban J connectivity index is 1.18. The minimum Gasteiger partial charge on any atom is -0.457 e. The number of carbonyl (C=O) groups excluding carboxylic acids is 1. The van der Waals surface area contributed by atoms with E-state index in [1.54, 1.807) is 24.3 Å². The maximum Gasteiger partial charge on any atom is 0.338 e. The first kappa shape index (κ1) is 23.7. The molecule has 2 saturated heterocycles. The second-order valence-electron chi connectivity index (χ2n) is 8.95. The third-order valence-electron chi connectivity index (χ3n) is 6.68. The van der Waals surface area contributed by atoms with E-state index in [2.05, 4.69) is 21.2 Å². The van der Waals surface area contributed by atoms with Crippen LogP contribution in [0.3, 0.4) is 0 Å². The normalized spacial score (nSPS) is 20.9. The number of benzene rings is 3. The van der Waals surface area contributed by atoms with Crippen LogP contribution in [-0.2, 0) is 4.74 Å². The van der Waals surface area contributed by atoms with E-state index in [0.717, 1.165) is 55.6 Å². The molecule has 0 amide bonds. The summed E-state index contributed by atoms with van der Waals surface area (Å²) in [4.78, 5) is 17.8. The second-order valence-corrected chi connectivity index (χ2v) is 9.38. The van der Waals surface area contributed by atoms with E-state index in [4.69, 9.17) is 21.1 Å². The Labute approximate surface area is 211 Å². The number of hydrogen-bond donors (Lipinski definition) is 1. The molecule has 35 heavy (non-hydrogen) atoms. The van der Waals surface area contributed by atoms with Crippen molar-refractivity contribution < 1.29 is 14.3 Å². The lowest BCUT2D eigenvalue weighted by atomic mass is 10.00. The number of piperazine rings is 1. The molecule has 2 heterocycles. The van der Waals surface area contributed by atoms with Gasteiger partial charge in [-0.2, -0.15) is 0 Å². The van der Waals surface area contributed by atoms with Crippen molar-refractivity contribution in [1.29, 1.82) is 0 Å². The molecule has 0 aliphatic carbocycles. The molecule has 7 heteroatoms. The fraction of sp³-hybridized carbons (Fsp3) is 0.321. The third-order valence-corrected chi connectivity index (χ3v) is 6.91. The molecule has 1 N–H and O–H groups in total. The number of anilines is 1. The van der Waals surface area contributed by atoms with E-state index in [0.29, 0.717) is 17.9 Å². The summed E-state index contributed by atoms with van der Waals surface area (Å²) in [5.41, 5.74) is 1.69.